The standard InChI is InChI=1S/C19H23BrN2O2/c1-15(16-6-4-3-5-7-16)21-19(23)14-22(2)12-13-24-18-10-8-17(20)9-11-18/h3-11,15H,12-14H2,1-2H3,(H,21,23)/p+1/t15-/m0/s1. The SMILES string of the molecule is C[C@H](NC(=O)C[NH+](C)CCOc1ccc(Br)cc1)c1ccccc1. The largest absolute Gasteiger partial charge is 0.488 e. The number of nitrogens with one attached hydrogen (secondary N) is 2. The minimum atomic E-state index is 0.0190. The van der Waals surface area contributed by atoms with Gasteiger partial charge in [0.2, 0.25) is 0 Å². The number of quaternary nitrogens is 1. The second-order valence-electron chi connectivity index (χ2n) is 5.89. The van der Waals surface area contributed by atoms with Gasteiger partial charge in [-0.2, -0.15) is 0 Å². The summed E-state index contributed by atoms with van der Waals surface area (Å²) >= 11 is 3.40. The maximum atomic E-state index is 12.1. The van der Waals surface area contributed by atoms with E-state index in [1.54, 1.807) is 0 Å². The summed E-state index contributed by atoms with van der Waals surface area (Å²) in [5.74, 6) is 0.889. The molecule has 0 radical (unpaired) electrons. The molecular formula is C19H24BrN2O2+. The highest BCUT2D eigenvalue weighted by Crippen LogP contribution is 2.15. The van der Waals surface area contributed by atoms with Crippen molar-refractivity contribution in [3.63, 3.8) is 0 Å². The van der Waals surface area contributed by atoms with Crippen LogP contribution in [0.4, 0.5) is 0 Å². The number of benzene rings is 2. The molecule has 0 aliphatic heterocycles. The number of halogens is 1. The van der Waals surface area contributed by atoms with Crippen molar-refractivity contribution in [2.24, 2.45) is 0 Å². The number of likely N-dealkylation sites (N-methyl/N-ethyl adjacent to an activating group) is 1. The van der Waals surface area contributed by atoms with Crippen LogP contribution in [0.3, 0.4) is 0 Å². The number of carbonyl (C=O) groups excluding carboxylic acids is 1. The molecule has 1 amide bonds. The van der Waals surface area contributed by atoms with Gasteiger partial charge in [-0.1, -0.05) is 46.3 Å². The minimum absolute atomic E-state index is 0.0190. The van der Waals surface area contributed by atoms with Gasteiger partial charge >= 0.3 is 0 Å². The van der Waals surface area contributed by atoms with E-state index < -0.39 is 0 Å². The Kier molecular flexibility index (Phi) is 7.28. The van der Waals surface area contributed by atoms with Crippen LogP contribution >= 0.6 is 15.9 Å². The van der Waals surface area contributed by atoms with Gasteiger partial charge in [-0.15, -0.1) is 0 Å². The molecule has 0 saturated heterocycles. The smallest absolute Gasteiger partial charge is 0.275 e. The van der Waals surface area contributed by atoms with Crippen molar-refractivity contribution < 1.29 is 14.4 Å². The molecular weight excluding hydrogens is 368 g/mol. The molecule has 4 nitrogen and oxygen atoms in total. The summed E-state index contributed by atoms with van der Waals surface area (Å²) in [5.41, 5.74) is 1.11. The molecule has 24 heavy (non-hydrogen) atoms. The van der Waals surface area contributed by atoms with Gasteiger partial charge in [0.25, 0.3) is 5.91 Å². The number of carbonyl (C=O) groups is 1. The Bertz CT molecular complexity index is 632. The van der Waals surface area contributed by atoms with Crippen LogP contribution in [0, 0.1) is 0 Å². The Morgan fingerprint density at radius 3 is 2.50 bits per heavy atom. The summed E-state index contributed by atoms with van der Waals surface area (Å²) in [6.45, 7) is 3.78. The molecule has 5 heteroatoms. The molecule has 2 N–H and O–H groups in total. The van der Waals surface area contributed by atoms with Gasteiger partial charge < -0.3 is 15.0 Å². The lowest BCUT2D eigenvalue weighted by molar-refractivity contribution is -0.871. The van der Waals surface area contributed by atoms with Crippen LogP contribution in [-0.4, -0.2) is 32.7 Å². The number of hydrogen-bond acceptors (Lipinski definition) is 2. The average molecular weight is 392 g/mol. The van der Waals surface area contributed by atoms with E-state index in [9.17, 15) is 4.79 Å². The molecule has 0 bridgehead atoms. The predicted octanol–water partition coefficient (Wildman–Crippen LogP) is 2.22. The first kappa shape index (κ1) is 18.5. The fourth-order valence-corrected chi connectivity index (χ4v) is 2.62. The predicted molar refractivity (Wildman–Crippen MR) is 99.3 cm³/mol. The van der Waals surface area contributed by atoms with E-state index in [1.165, 1.54) is 0 Å². The summed E-state index contributed by atoms with van der Waals surface area (Å²) in [6.07, 6.45) is 0. The zero-order valence-corrected chi connectivity index (χ0v) is 15.7. The van der Waals surface area contributed by atoms with Gasteiger partial charge in [0.15, 0.2) is 6.54 Å². The highest BCUT2D eigenvalue weighted by atomic mass is 79.9. The van der Waals surface area contributed by atoms with Crippen molar-refractivity contribution in [2.45, 2.75) is 13.0 Å². The first-order chi connectivity index (χ1) is 11.5. The number of ether oxygens (including phenoxy) is 1. The van der Waals surface area contributed by atoms with Crippen molar-refractivity contribution in [3.8, 4) is 5.75 Å². The highest BCUT2D eigenvalue weighted by molar-refractivity contribution is 9.10. The van der Waals surface area contributed by atoms with Crippen LogP contribution in [0.2, 0.25) is 0 Å². The number of amides is 1. The van der Waals surface area contributed by atoms with Crippen molar-refractivity contribution in [2.75, 3.05) is 26.7 Å². The van der Waals surface area contributed by atoms with Gasteiger partial charge in [-0.05, 0) is 36.8 Å². The van der Waals surface area contributed by atoms with Crippen LogP contribution in [0.25, 0.3) is 0 Å². The second kappa shape index (κ2) is 9.45. The normalized spacial score (nSPS) is 13.1. The van der Waals surface area contributed by atoms with Crippen molar-refractivity contribution in [3.05, 3.63) is 64.6 Å². The van der Waals surface area contributed by atoms with Gasteiger partial charge in [0.1, 0.15) is 18.9 Å². The zero-order chi connectivity index (χ0) is 17.4. The van der Waals surface area contributed by atoms with Crippen molar-refractivity contribution in [1.29, 1.82) is 0 Å². The van der Waals surface area contributed by atoms with E-state index in [1.807, 2.05) is 68.6 Å². The summed E-state index contributed by atoms with van der Waals surface area (Å²) in [4.78, 5) is 13.2. The molecule has 0 aromatic heterocycles. The third kappa shape index (κ3) is 6.34. The van der Waals surface area contributed by atoms with E-state index in [0.29, 0.717) is 13.2 Å². The third-order valence-corrected chi connectivity index (χ3v) is 4.28. The first-order valence-corrected chi connectivity index (χ1v) is 8.88. The van der Waals surface area contributed by atoms with E-state index in [4.69, 9.17) is 4.74 Å². The molecule has 2 rings (SSSR count). The van der Waals surface area contributed by atoms with E-state index in [2.05, 4.69) is 21.2 Å². The maximum absolute atomic E-state index is 12.1. The van der Waals surface area contributed by atoms with E-state index in [0.717, 1.165) is 27.2 Å². The minimum Gasteiger partial charge on any atom is -0.488 e. The monoisotopic (exact) mass is 391 g/mol. The average Bonchev–Trinajstić information content (AvgIpc) is 2.57. The maximum Gasteiger partial charge on any atom is 0.275 e. The lowest BCUT2D eigenvalue weighted by Crippen LogP contribution is -3.10. The highest BCUT2D eigenvalue weighted by Gasteiger charge is 2.13. The summed E-state index contributed by atoms with van der Waals surface area (Å²) < 4.78 is 6.72. The van der Waals surface area contributed by atoms with Gasteiger partial charge in [0.05, 0.1) is 13.1 Å². The van der Waals surface area contributed by atoms with Crippen LogP contribution in [-0.2, 0) is 4.79 Å². The third-order valence-electron chi connectivity index (χ3n) is 3.75. The molecule has 0 heterocycles. The van der Waals surface area contributed by atoms with Gasteiger partial charge in [-0.25, -0.2) is 0 Å². The Balaban J connectivity index is 1.68. The molecule has 128 valence electrons. The van der Waals surface area contributed by atoms with Crippen LogP contribution in [0.5, 0.6) is 5.75 Å². The molecule has 0 saturated carbocycles. The van der Waals surface area contributed by atoms with Crippen LogP contribution < -0.4 is 15.0 Å². The van der Waals surface area contributed by atoms with E-state index in [-0.39, 0.29) is 11.9 Å². The first-order valence-electron chi connectivity index (χ1n) is 8.08. The number of rotatable bonds is 8. The van der Waals surface area contributed by atoms with Crippen LogP contribution in [0.1, 0.15) is 18.5 Å². The molecule has 2 atom stereocenters. The molecule has 2 aromatic carbocycles. The topological polar surface area (TPSA) is 42.8 Å². The Hall–Kier alpha value is -1.85. The molecule has 1 unspecified atom stereocenters. The molecule has 0 aliphatic rings. The summed E-state index contributed by atoms with van der Waals surface area (Å²) in [6, 6.07) is 17.7. The molecule has 2 aromatic rings. The fourth-order valence-electron chi connectivity index (χ4n) is 2.35. The fraction of sp³-hybridized carbons (Fsp3) is 0.316. The lowest BCUT2D eigenvalue weighted by Gasteiger charge is -2.17. The second-order valence-corrected chi connectivity index (χ2v) is 6.80. The van der Waals surface area contributed by atoms with E-state index >= 15 is 0 Å². The Labute approximate surface area is 151 Å². The van der Waals surface area contributed by atoms with Gasteiger partial charge in [0, 0.05) is 4.47 Å². The lowest BCUT2D eigenvalue weighted by atomic mass is 10.1. The Morgan fingerprint density at radius 2 is 1.83 bits per heavy atom. The quantitative estimate of drug-likeness (QED) is 0.724. The van der Waals surface area contributed by atoms with Crippen molar-refractivity contribution >= 4 is 21.8 Å². The van der Waals surface area contributed by atoms with Gasteiger partial charge in [-0.3, -0.25) is 4.79 Å². The van der Waals surface area contributed by atoms with Crippen LogP contribution in [0.15, 0.2) is 59.1 Å². The molecule has 0 fully saturated rings. The zero-order valence-electron chi connectivity index (χ0n) is 14.1. The summed E-state index contributed by atoms with van der Waals surface area (Å²) in [7, 11) is 2.00. The Morgan fingerprint density at radius 1 is 1.17 bits per heavy atom. The molecule has 0 aliphatic carbocycles. The number of hydrogen-bond donors (Lipinski definition) is 2. The molecule has 0 spiro atoms. The van der Waals surface area contributed by atoms with Crippen molar-refractivity contribution in [1.82, 2.24) is 5.32 Å². The summed E-state index contributed by atoms with van der Waals surface area (Å²) in [5, 5.41) is 3.04.